The van der Waals surface area contributed by atoms with Crippen LogP contribution in [0, 0.1) is 34.5 Å². The minimum Gasteiger partial charge on any atom is -0.450 e. The second-order valence-electron chi connectivity index (χ2n) is 10.7. The molecule has 2 heterocycles. The van der Waals surface area contributed by atoms with Crippen molar-refractivity contribution in [1.82, 2.24) is 0 Å². The first-order valence-corrected chi connectivity index (χ1v) is 11.3. The number of carbonyl (C=O) groups is 3. The predicted molar refractivity (Wildman–Crippen MR) is 110 cm³/mol. The van der Waals surface area contributed by atoms with Crippen LogP contribution in [0.5, 0.6) is 0 Å². The highest BCUT2D eigenvalue weighted by Crippen LogP contribution is 2.64. The Hall–Kier alpha value is -1.89. The number of ether oxygens (including phenoxy) is 4. The van der Waals surface area contributed by atoms with E-state index in [0.717, 1.165) is 24.8 Å². The molecular formula is C24H34O7. The van der Waals surface area contributed by atoms with Gasteiger partial charge in [-0.15, -0.1) is 0 Å². The lowest BCUT2D eigenvalue weighted by Crippen LogP contribution is -2.50. The Kier molecular flexibility index (Phi) is 5.48. The third-order valence-corrected chi connectivity index (χ3v) is 8.37. The SMILES string of the molecule is C=C([C@H]1[C@@H]2OC(=O)[C@@H](OC(C)=O)[C@H]1[C@H](OC(C)=O)O2)[C@H]1CC[C@H]2C(C)(C)CCC[C@]12C. The molecule has 0 aromatic rings. The van der Waals surface area contributed by atoms with Gasteiger partial charge in [0.2, 0.25) is 18.7 Å². The summed E-state index contributed by atoms with van der Waals surface area (Å²) in [7, 11) is 0. The van der Waals surface area contributed by atoms with Crippen LogP contribution in [0.1, 0.15) is 66.7 Å². The Morgan fingerprint density at radius 3 is 2.39 bits per heavy atom. The molecule has 4 rings (SSSR count). The summed E-state index contributed by atoms with van der Waals surface area (Å²) < 4.78 is 22.1. The zero-order valence-electron chi connectivity index (χ0n) is 19.1. The van der Waals surface area contributed by atoms with E-state index in [9.17, 15) is 14.4 Å². The monoisotopic (exact) mass is 434 g/mol. The van der Waals surface area contributed by atoms with Gasteiger partial charge in [-0.1, -0.05) is 39.3 Å². The highest BCUT2D eigenvalue weighted by molar-refractivity contribution is 5.80. The van der Waals surface area contributed by atoms with Crippen molar-refractivity contribution in [3.05, 3.63) is 12.2 Å². The van der Waals surface area contributed by atoms with Gasteiger partial charge < -0.3 is 18.9 Å². The first-order chi connectivity index (χ1) is 14.5. The summed E-state index contributed by atoms with van der Waals surface area (Å²) in [6, 6.07) is 0. The molecule has 0 spiro atoms. The molecule has 31 heavy (non-hydrogen) atoms. The minimum atomic E-state index is -1.19. The first kappa shape index (κ1) is 22.3. The molecule has 0 N–H and O–H groups in total. The van der Waals surface area contributed by atoms with Crippen LogP contribution in [-0.2, 0) is 33.3 Å². The van der Waals surface area contributed by atoms with Gasteiger partial charge in [0.05, 0.1) is 11.8 Å². The second-order valence-corrected chi connectivity index (χ2v) is 10.7. The van der Waals surface area contributed by atoms with Gasteiger partial charge in [-0.2, -0.15) is 0 Å². The Morgan fingerprint density at radius 2 is 1.74 bits per heavy atom. The zero-order chi connectivity index (χ0) is 22.7. The van der Waals surface area contributed by atoms with Gasteiger partial charge in [-0.05, 0) is 48.3 Å². The molecule has 7 nitrogen and oxygen atoms in total. The molecule has 0 radical (unpaired) electrons. The number of rotatable bonds is 4. The Balaban J connectivity index is 1.66. The molecule has 2 saturated heterocycles. The third kappa shape index (κ3) is 3.59. The van der Waals surface area contributed by atoms with E-state index in [4.69, 9.17) is 18.9 Å². The van der Waals surface area contributed by atoms with E-state index in [2.05, 4.69) is 27.4 Å². The molecule has 0 amide bonds. The molecule has 2 saturated carbocycles. The number of esters is 3. The maximum atomic E-state index is 12.5. The molecule has 0 aromatic heterocycles. The molecule has 0 aromatic carbocycles. The van der Waals surface area contributed by atoms with Crippen LogP contribution in [-0.4, -0.2) is 36.6 Å². The lowest BCUT2D eigenvalue weighted by molar-refractivity contribution is -0.209. The van der Waals surface area contributed by atoms with E-state index < -0.39 is 48.4 Å². The molecule has 4 aliphatic rings. The van der Waals surface area contributed by atoms with Gasteiger partial charge in [0.25, 0.3) is 0 Å². The highest BCUT2D eigenvalue weighted by Gasteiger charge is 2.63. The number of fused-ring (bicyclic) bond motifs is 3. The van der Waals surface area contributed by atoms with Crippen LogP contribution in [0.25, 0.3) is 0 Å². The maximum Gasteiger partial charge on any atom is 0.350 e. The standard InChI is InChI=1S/C24H34O7/c1-12(15-8-9-16-23(4,5)10-7-11-24(15,16)6)17-18-19(28-13(2)25)20(27)30-21(17)31-22(18)29-14(3)26/h15-19,21-22H,1,7-11H2,2-6H3/t15-,16+,17-,18+,19+,21-,22-,24-/m1/s1. The van der Waals surface area contributed by atoms with Crippen LogP contribution in [0.15, 0.2) is 12.2 Å². The zero-order valence-corrected chi connectivity index (χ0v) is 19.1. The van der Waals surface area contributed by atoms with E-state index in [1.807, 2.05) is 0 Å². The molecule has 8 atom stereocenters. The van der Waals surface area contributed by atoms with Gasteiger partial charge in [0, 0.05) is 13.8 Å². The molecule has 2 bridgehead atoms. The second kappa shape index (κ2) is 7.61. The van der Waals surface area contributed by atoms with Crippen LogP contribution in [0.4, 0.5) is 0 Å². The van der Waals surface area contributed by atoms with Crippen molar-refractivity contribution in [3.8, 4) is 0 Å². The fraction of sp³-hybridized carbons (Fsp3) is 0.792. The molecule has 4 fully saturated rings. The smallest absolute Gasteiger partial charge is 0.350 e. The summed E-state index contributed by atoms with van der Waals surface area (Å²) in [6.45, 7) is 14.1. The molecule has 2 aliphatic carbocycles. The van der Waals surface area contributed by atoms with Crippen molar-refractivity contribution < 1.29 is 33.3 Å². The maximum absolute atomic E-state index is 12.5. The lowest BCUT2D eigenvalue weighted by atomic mass is 9.54. The topological polar surface area (TPSA) is 88.1 Å². The van der Waals surface area contributed by atoms with Gasteiger partial charge in [-0.3, -0.25) is 9.59 Å². The van der Waals surface area contributed by atoms with Gasteiger partial charge in [0.1, 0.15) is 0 Å². The Morgan fingerprint density at radius 1 is 1.06 bits per heavy atom. The number of hydrogen-bond donors (Lipinski definition) is 0. The summed E-state index contributed by atoms with van der Waals surface area (Å²) >= 11 is 0. The van der Waals surface area contributed by atoms with Crippen molar-refractivity contribution in [2.24, 2.45) is 34.5 Å². The first-order valence-electron chi connectivity index (χ1n) is 11.3. The van der Waals surface area contributed by atoms with E-state index in [1.165, 1.54) is 26.7 Å². The van der Waals surface area contributed by atoms with Crippen molar-refractivity contribution in [1.29, 1.82) is 0 Å². The van der Waals surface area contributed by atoms with Gasteiger partial charge in [-0.25, -0.2) is 4.79 Å². The van der Waals surface area contributed by atoms with Crippen LogP contribution in [0.3, 0.4) is 0 Å². The average Bonchev–Trinajstić information content (AvgIpc) is 3.13. The molecule has 7 heteroatoms. The predicted octanol–water partition coefficient (Wildman–Crippen LogP) is 3.75. The third-order valence-electron chi connectivity index (χ3n) is 8.37. The van der Waals surface area contributed by atoms with Crippen LogP contribution < -0.4 is 0 Å². The summed E-state index contributed by atoms with van der Waals surface area (Å²) in [4.78, 5) is 35.9. The van der Waals surface area contributed by atoms with Crippen LogP contribution >= 0.6 is 0 Å². The van der Waals surface area contributed by atoms with Crippen molar-refractivity contribution >= 4 is 17.9 Å². The normalized spacial score (nSPS) is 43.0. The molecular weight excluding hydrogens is 400 g/mol. The molecule has 0 unspecified atom stereocenters. The fourth-order valence-corrected chi connectivity index (χ4v) is 7.23. The number of hydrogen-bond acceptors (Lipinski definition) is 7. The van der Waals surface area contributed by atoms with Crippen molar-refractivity contribution in [2.75, 3.05) is 0 Å². The summed E-state index contributed by atoms with van der Waals surface area (Å²) in [6.07, 6.45) is 2.60. The Bertz CT molecular complexity index is 802. The van der Waals surface area contributed by atoms with Crippen molar-refractivity contribution in [3.63, 3.8) is 0 Å². The summed E-state index contributed by atoms with van der Waals surface area (Å²) in [5.41, 5.74) is 1.34. The minimum absolute atomic E-state index is 0.105. The van der Waals surface area contributed by atoms with Crippen molar-refractivity contribution in [2.45, 2.75) is 85.4 Å². The summed E-state index contributed by atoms with van der Waals surface area (Å²) in [5.74, 6) is -2.02. The number of carbonyl (C=O) groups excluding carboxylic acids is 3. The average molecular weight is 435 g/mol. The van der Waals surface area contributed by atoms with E-state index >= 15 is 0 Å². The van der Waals surface area contributed by atoms with Gasteiger partial charge >= 0.3 is 17.9 Å². The summed E-state index contributed by atoms with van der Waals surface area (Å²) in [5, 5.41) is 0. The van der Waals surface area contributed by atoms with E-state index in [1.54, 1.807) is 0 Å². The molecule has 172 valence electrons. The highest BCUT2D eigenvalue weighted by atomic mass is 16.8. The largest absolute Gasteiger partial charge is 0.450 e. The van der Waals surface area contributed by atoms with Gasteiger partial charge in [0.15, 0.2) is 0 Å². The Labute approximate surface area is 183 Å². The quantitative estimate of drug-likeness (QED) is 0.378. The van der Waals surface area contributed by atoms with E-state index in [0.29, 0.717) is 5.92 Å². The molecule has 2 aliphatic heterocycles. The lowest BCUT2D eigenvalue weighted by Gasteiger charge is -2.51. The van der Waals surface area contributed by atoms with E-state index in [-0.39, 0.29) is 16.7 Å². The fourth-order valence-electron chi connectivity index (χ4n) is 7.23. The van der Waals surface area contributed by atoms with Crippen LogP contribution in [0.2, 0.25) is 0 Å².